The molecule has 0 radical (unpaired) electrons. The van der Waals surface area contributed by atoms with Crippen molar-refractivity contribution < 1.29 is 22.6 Å². The van der Waals surface area contributed by atoms with Gasteiger partial charge in [-0.3, -0.25) is 14.1 Å². The summed E-state index contributed by atoms with van der Waals surface area (Å²) in [6, 6.07) is 6.98. The molecule has 0 bridgehead atoms. The van der Waals surface area contributed by atoms with E-state index in [9.17, 15) is 18.0 Å². The first-order valence-corrected chi connectivity index (χ1v) is 12.9. The maximum Gasteiger partial charge on any atom is 0.269 e. The molecule has 7 nitrogen and oxygen atoms in total. The van der Waals surface area contributed by atoms with E-state index in [4.69, 9.17) is 4.55 Å². The van der Waals surface area contributed by atoms with E-state index in [1.807, 2.05) is 11.8 Å². The van der Waals surface area contributed by atoms with Crippen LogP contribution in [0.1, 0.15) is 52.0 Å². The first-order valence-electron chi connectivity index (χ1n) is 10.4. The largest absolute Gasteiger partial charge is 0.346 e. The van der Waals surface area contributed by atoms with Crippen LogP contribution in [0, 0.1) is 5.92 Å². The van der Waals surface area contributed by atoms with Crippen molar-refractivity contribution in [3.63, 3.8) is 0 Å². The van der Waals surface area contributed by atoms with Crippen LogP contribution >= 0.6 is 11.8 Å². The van der Waals surface area contributed by atoms with E-state index in [0.29, 0.717) is 17.9 Å². The molecule has 2 N–H and O–H groups in total. The third kappa shape index (κ3) is 7.92. The van der Waals surface area contributed by atoms with Crippen LogP contribution in [-0.4, -0.2) is 54.1 Å². The van der Waals surface area contributed by atoms with Crippen LogP contribution in [0.3, 0.4) is 0 Å². The van der Waals surface area contributed by atoms with Crippen LogP contribution in [0.2, 0.25) is 0 Å². The molecule has 0 spiro atoms. The molecule has 2 amide bonds. The second-order valence-corrected chi connectivity index (χ2v) is 10.8. The maximum absolute atomic E-state index is 12.8. The molecular formula is C21H32N2O5S2. The number of hydrogen-bond acceptors (Lipinski definition) is 5. The Bertz CT molecular complexity index is 826. The normalized spacial score (nSPS) is 18.8. The molecule has 1 aliphatic heterocycles. The summed E-state index contributed by atoms with van der Waals surface area (Å²) in [4.78, 5) is 27.9. The summed E-state index contributed by atoms with van der Waals surface area (Å²) >= 11 is 1.40. The minimum Gasteiger partial charge on any atom is -0.346 e. The first-order chi connectivity index (χ1) is 14.1. The highest BCUT2D eigenvalue weighted by Crippen LogP contribution is 2.29. The van der Waals surface area contributed by atoms with Gasteiger partial charge in [-0.1, -0.05) is 32.4 Å². The summed E-state index contributed by atoms with van der Waals surface area (Å²) in [5, 5.41) is 2.46. The molecule has 168 valence electrons. The first kappa shape index (κ1) is 24.7. The average Bonchev–Trinajstić information content (AvgIpc) is 3.11. The van der Waals surface area contributed by atoms with E-state index in [1.165, 1.54) is 11.8 Å². The van der Waals surface area contributed by atoms with Crippen molar-refractivity contribution in [3.05, 3.63) is 29.8 Å². The predicted molar refractivity (Wildman–Crippen MR) is 119 cm³/mol. The summed E-state index contributed by atoms with van der Waals surface area (Å²) in [7, 11) is -4.08. The SMILES string of the molecule is CCC(C)CC(Sc1ccc(CS(=O)(=O)O)cc1)C(=O)NCC(=O)N1CCCC1C. The van der Waals surface area contributed by atoms with E-state index < -0.39 is 15.9 Å². The Morgan fingerprint density at radius 2 is 1.97 bits per heavy atom. The number of amides is 2. The number of rotatable bonds is 10. The van der Waals surface area contributed by atoms with Gasteiger partial charge in [0.05, 0.1) is 11.8 Å². The third-order valence-corrected chi connectivity index (χ3v) is 7.38. The van der Waals surface area contributed by atoms with E-state index in [2.05, 4.69) is 19.2 Å². The van der Waals surface area contributed by atoms with Gasteiger partial charge in [0.25, 0.3) is 10.1 Å². The van der Waals surface area contributed by atoms with Gasteiger partial charge < -0.3 is 10.2 Å². The monoisotopic (exact) mass is 456 g/mol. The number of benzene rings is 1. The second kappa shape index (κ2) is 11.2. The van der Waals surface area contributed by atoms with Crippen molar-refractivity contribution >= 4 is 33.7 Å². The van der Waals surface area contributed by atoms with Crippen molar-refractivity contribution in [3.8, 4) is 0 Å². The number of carbonyl (C=O) groups excluding carboxylic acids is 2. The van der Waals surface area contributed by atoms with E-state index in [-0.39, 0.29) is 29.7 Å². The van der Waals surface area contributed by atoms with Crippen LogP contribution in [0.25, 0.3) is 0 Å². The Kier molecular flexibility index (Phi) is 9.18. The van der Waals surface area contributed by atoms with Crippen molar-refractivity contribution in [2.45, 2.75) is 68.4 Å². The van der Waals surface area contributed by atoms with Crippen LogP contribution in [0.4, 0.5) is 0 Å². The zero-order chi connectivity index (χ0) is 22.3. The fourth-order valence-corrected chi connectivity index (χ4v) is 5.31. The summed E-state index contributed by atoms with van der Waals surface area (Å²) in [5.41, 5.74) is 0.482. The zero-order valence-electron chi connectivity index (χ0n) is 17.8. The molecule has 0 saturated carbocycles. The molecule has 1 aromatic rings. The lowest BCUT2D eigenvalue weighted by Gasteiger charge is -2.23. The molecule has 0 aliphatic carbocycles. The zero-order valence-corrected chi connectivity index (χ0v) is 19.5. The smallest absolute Gasteiger partial charge is 0.269 e. The molecule has 1 aliphatic rings. The highest BCUT2D eigenvalue weighted by atomic mass is 32.2. The molecule has 1 fully saturated rings. The Morgan fingerprint density at radius 1 is 1.30 bits per heavy atom. The average molecular weight is 457 g/mol. The number of nitrogens with one attached hydrogen (secondary N) is 1. The maximum atomic E-state index is 12.8. The molecule has 3 unspecified atom stereocenters. The topological polar surface area (TPSA) is 104 Å². The van der Waals surface area contributed by atoms with Gasteiger partial charge in [-0.15, -0.1) is 11.8 Å². The predicted octanol–water partition coefficient (Wildman–Crippen LogP) is 3.10. The van der Waals surface area contributed by atoms with Crippen molar-refractivity contribution in [1.82, 2.24) is 10.2 Å². The van der Waals surface area contributed by atoms with E-state index in [0.717, 1.165) is 30.7 Å². The fraction of sp³-hybridized carbons (Fsp3) is 0.619. The molecule has 9 heteroatoms. The number of likely N-dealkylation sites (tertiary alicyclic amines) is 1. The highest BCUT2D eigenvalue weighted by molar-refractivity contribution is 8.00. The summed E-state index contributed by atoms with van der Waals surface area (Å²) in [6.45, 7) is 6.95. The molecule has 0 aromatic heterocycles. The van der Waals surface area contributed by atoms with E-state index in [1.54, 1.807) is 24.3 Å². The standard InChI is InChI=1S/C21H32N2O5S2/c1-4-15(2)12-19(21(25)22-13-20(24)23-11-5-6-16(23)3)29-18-9-7-17(8-10-18)14-30(26,27)28/h7-10,15-16,19H,4-6,11-14H2,1-3H3,(H,22,25)(H,26,27,28). The molecule has 1 heterocycles. The molecule has 3 atom stereocenters. The van der Waals surface area contributed by atoms with Gasteiger partial charge in [0, 0.05) is 17.5 Å². The minimum absolute atomic E-state index is 0.00797. The Morgan fingerprint density at radius 3 is 2.50 bits per heavy atom. The highest BCUT2D eigenvalue weighted by Gasteiger charge is 2.27. The van der Waals surface area contributed by atoms with E-state index >= 15 is 0 Å². The number of hydrogen-bond donors (Lipinski definition) is 2. The molecule has 2 rings (SSSR count). The molecule has 1 aromatic carbocycles. The second-order valence-electron chi connectivity index (χ2n) is 8.02. The van der Waals surface area contributed by atoms with Gasteiger partial charge in [0.1, 0.15) is 5.75 Å². The molecule has 30 heavy (non-hydrogen) atoms. The van der Waals surface area contributed by atoms with Gasteiger partial charge in [-0.05, 0) is 49.8 Å². The molecular weight excluding hydrogens is 424 g/mol. The summed E-state index contributed by atoms with van der Waals surface area (Å²) in [5.74, 6) is -0.301. The quantitative estimate of drug-likeness (QED) is 0.414. The van der Waals surface area contributed by atoms with Crippen molar-refractivity contribution in [2.24, 2.45) is 5.92 Å². The Balaban J connectivity index is 2.00. The number of thioether (sulfide) groups is 1. The van der Waals surface area contributed by atoms with Gasteiger partial charge in [0.15, 0.2) is 0 Å². The van der Waals surface area contributed by atoms with Crippen molar-refractivity contribution in [1.29, 1.82) is 0 Å². The van der Waals surface area contributed by atoms with Crippen molar-refractivity contribution in [2.75, 3.05) is 13.1 Å². The molecule has 1 saturated heterocycles. The third-order valence-electron chi connectivity index (χ3n) is 5.44. The van der Waals surface area contributed by atoms with Crippen LogP contribution in [-0.2, 0) is 25.5 Å². The summed E-state index contributed by atoms with van der Waals surface area (Å²) in [6.07, 6.45) is 3.62. The lowest BCUT2D eigenvalue weighted by atomic mass is 10.0. The Labute approximate surface area is 183 Å². The van der Waals surface area contributed by atoms with Gasteiger partial charge >= 0.3 is 0 Å². The van der Waals surface area contributed by atoms with Gasteiger partial charge in [-0.25, -0.2) is 0 Å². The van der Waals surface area contributed by atoms with Crippen LogP contribution in [0.5, 0.6) is 0 Å². The van der Waals surface area contributed by atoms with Gasteiger partial charge in [0.2, 0.25) is 11.8 Å². The Hall–Kier alpha value is -1.58. The summed E-state index contributed by atoms with van der Waals surface area (Å²) < 4.78 is 31.0. The lowest BCUT2D eigenvalue weighted by Crippen LogP contribution is -2.44. The van der Waals surface area contributed by atoms with Crippen LogP contribution < -0.4 is 5.32 Å². The number of nitrogens with zero attached hydrogens (tertiary/aromatic N) is 1. The lowest BCUT2D eigenvalue weighted by molar-refractivity contribution is -0.133. The fourth-order valence-electron chi connectivity index (χ4n) is 3.46. The van der Waals surface area contributed by atoms with Crippen LogP contribution in [0.15, 0.2) is 29.2 Å². The number of carbonyl (C=O) groups is 2. The van der Waals surface area contributed by atoms with Gasteiger partial charge in [-0.2, -0.15) is 8.42 Å². The minimum atomic E-state index is -4.08.